The highest BCUT2D eigenvalue weighted by atomic mass is 31.0. The highest BCUT2D eigenvalue weighted by molar-refractivity contribution is 7.15. The summed E-state index contributed by atoms with van der Waals surface area (Å²) in [5.41, 5.74) is 1.11. The van der Waals surface area contributed by atoms with E-state index < -0.39 is 6.10 Å². The van der Waals surface area contributed by atoms with Crippen LogP contribution in [0.25, 0.3) is 0 Å². The van der Waals surface area contributed by atoms with Gasteiger partial charge in [0.1, 0.15) is 0 Å². The van der Waals surface area contributed by atoms with E-state index in [1.807, 2.05) is 19.9 Å². The van der Waals surface area contributed by atoms with Gasteiger partial charge in [-0.1, -0.05) is 11.6 Å². The Labute approximate surface area is 68.3 Å². The van der Waals surface area contributed by atoms with E-state index in [-0.39, 0.29) is 11.9 Å². The molecule has 3 atom stereocenters. The summed E-state index contributed by atoms with van der Waals surface area (Å²) in [6, 6.07) is -0.141. The predicted octanol–water partition coefficient (Wildman–Crippen LogP) is 0.314. The predicted molar refractivity (Wildman–Crippen MR) is 45.8 cm³/mol. The van der Waals surface area contributed by atoms with Gasteiger partial charge >= 0.3 is 0 Å². The van der Waals surface area contributed by atoms with Gasteiger partial charge in [-0.3, -0.25) is 4.79 Å². The van der Waals surface area contributed by atoms with Crippen molar-refractivity contribution in [3.63, 3.8) is 0 Å². The van der Waals surface area contributed by atoms with Gasteiger partial charge in [0.25, 0.3) is 5.91 Å². The van der Waals surface area contributed by atoms with Crippen LogP contribution in [0.5, 0.6) is 0 Å². The standard InChI is InChI=1S/C7H12NO2P/c1-4(2)3-5-6(9)7(10)8(5)11/h3,5-6,9H,11H2,1-2H3/t5-,6+/m1/s1. The average molecular weight is 173 g/mol. The molecule has 0 aromatic rings. The molecule has 1 heterocycles. The number of nitrogens with zero attached hydrogens (tertiary/aromatic N) is 1. The van der Waals surface area contributed by atoms with Crippen molar-refractivity contribution in [1.82, 2.24) is 4.67 Å². The number of aliphatic hydroxyl groups is 1. The van der Waals surface area contributed by atoms with Crippen molar-refractivity contribution in [1.29, 1.82) is 0 Å². The van der Waals surface area contributed by atoms with Crippen LogP contribution in [-0.4, -0.2) is 27.8 Å². The highest BCUT2D eigenvalue weighted by Gasteiger charge is 2.42. The van der Waals surface area contributed by atoms with Gasteiger partial charge in [-0.15, -0.1) is 0 Å². The van der Waals surface area contributed by atoms with Crippen LogP contribution in [0.2, 0.25) is 0 Å². The molecule has 0 aliphatic carbocycles. The zero-order chi connectivity index (χ0) is 8.59. The Balaban J connectivity index is 2.63. The van der Waals surface area contributed by atoms with Crippen LogP contribution in [0.4, 0.5) is 0 Å². The largest absolute Gasteiger partial charge is 0.381 e. The van der Waals surface area contributed by atoms with Crippen LogP contribution in [0.3, 0.4) is 0 Å². The fourth-order valence-corrected chi connectivity index (χ4v) is 1.43. The lowest BCUT2D eigenvalue weighted by Gasteiger charge is -2.39. The van der Waals surface area contributed by atoms with Crippen LogP contribution >= 0.6 is 9.39 Å². The smallest absolute Gasteiger partial charge is 0.257 e. The zero-order valence-corrected chi connectivity index (χ0v) is 7.77. The van der Waals surface area contributed by atoms with Crippen LogP contribution in [0.1, 0.15) is 13.8 Å². The number of aliphatic hydroxyl groups excluding tert-OH is 1. The molecule has 3 nitrogen and oxygen atoms in total. The average Bonchev–Trinajstić information content (AvgIpc) is 1.98. The Morgan fingerprint density at radius 1 is 1.73 bits per heavy atom. The second-order valence-corrected chi connectivity index (χ2v) is 3.48. The van der Waals surface area contributed by atoms with Gasteiger partial charge in [-0.25, -0.2) is 0 Å². The maximum absolute atomic E-state index is 10.8. The van der Waals surface area contributed by atoms with Crippen LogP contribution < -0.4 is 0 Å². The molecule has 0 spiro atoms. The molecule has 62 valence electrons. The van der Waals surface area contributed by atoms with E-state index in [2.05, 4.69) is 9.39 Å². The topological polar surface area (TPSA) is 40.5 Å². The summed E-state index contributed by atoms with van der Waals surface area (Å²) < 4.78 is 1.46. The number of carbonyl (C=O) groups excluding carboxylic acids is 1. The van der Waals surface area contributed by atoms with Gasteiger partial charge in [0, 0.05) is 0 Å². The van der Waals surface area contributed by atoms with E-state index in [1.54, 1.807) is 0 Å². The summed E-state index contributed by atoms with van der Waals surface area (Å²) >= 11 is 0. The van der Waals surface area contributed by atoms with Crippen molar-refractivity contribution >= 4 is 15.3 Å². The van der Waals surface area contributed by atoms with Crippen LogP contribution in [-0.2, 0) is 4.79 Å². The molecule has 1 aliphatic rings. The van der Waals surface area contributed by atoms with E-state index in [4.69, 9.17) is 5.11 Å². The summed E-state index contributed by atoms with van der Waals surface area (Å²) in [5.74, 6) is -0.225. The summed E-state index contributed by atoms with van der Waals surface area (Å²) in [6.07, 6.45) is 1.04. The number of hydrogen-bond acceptors (Lipinski definition) is 2. The van der Waals surface area contributed by atoms with E-state index in [0.717, 1.165) is 5.57 Å². The third-order valence-electron chi connectivity index (χ3n) is 1.66. The highest BCUT2D eigenvalue weighted by Crippen LogP contribution is 2.25. The normalized spacial score (nSPS) is 29.8. The first-order chi connectivity index (χ1) is 5.04. The molecule has 1 N–H and O–H groups in total. The first-order valence-electron chi connectivity index (χ1n) is 3.45. The van der Waals surface area contributed by atoms with E-state index in [1.165, 1.54) is 4.67 Å². The molecule has 1 unspecified atom stereocenters. The van der Waals surface area contributed by atoms with Gasteiger partial charge in [-0.05, 0) is 23.2 Å². The van der Waals surface area contributed by atoms with Crippen LogP contribution in [0, 0.1) is 0 Å². The lowest BCUT2D eigenvalue weighted by molar-refractivity contribution is -0.151. The van der Waals surface area contributed by atoms with Crippen molar-refractivity contribution in [2.24, 2.45) is 0 Å². The minimum Gasteiger partial charge on any atom is -0.381 e. The molecular formula is C7H12NO2P. The van der Waals surface area contributed by atoms with Crippen LogP contribution in [0.15, 0.2) is 11.6 Å². The SMILES string of the molecule is CC(C)=C[C@@H]1[C@H](O)C(=O)N1P. The van der Waals surface area contributed by atoms with Crippen molar-refractivity contribution in [2.75, 3.05) is 0 Å². The third-order valence-corrected chi connectivity index (χ3v) is 2.26. The number of amides is 1. The quantitative estimate of drug-likeness (QED) is 0.352. The monoisotopic (exact) mass is 173 g/mol. The Morgan fingerprint density at radius 2 is 2.27 bits per heavy atom. The van der Waals surface area contributed by atoms with Gasteiger partial charge in [-0.2, -0.15) is 0 Å². The molecule has 0 aromatic heterocycles. The number of rotatable bonds is 1. The fraction of sp³-hybridized carbons (Fsp3) is 0.571. The summed E-state index contributed by atoms with van der Waals surface area (Å²) in [6.45, 7) is 3.88. The molecule has 4 heteroatoms. The number of allylic oxidation sites excluding steroid dienone is 1. The molecule has 0 radical (unpaired) electrons. The lowest BCUT2D eigenvalue weighted by Crippen LogP contribution is -2.58. The van der Waals surface area contributed by atoms with Crippen molar-refractivity contribution < 1.29 is 9.90 Å². The molecule has 1 amide bonds. The van der Waals surface area contributed by atoms with Gasteiger partial charge in [0.2, 0.25) is 0 Å². The van der Waals surface area contributed by atoms with E-state index in [9.17, 15) is 4.79 Å². The Hall–Kier alpha value is -0.400. The maximum atomic E-state index is 10.8. The molecule has 1 saturated heterocycles. The minimum atomic E-state index is -0.831. The molecule has 0 bridgehead atoms. The Kier molecular flexibility index (Phi) is 2.31. The second kappa shape index (κ2) is 2.92. The molecular weight excluding hydrogens is 161 g/mol. The Morgan fingerprint density at radius 3 is 2.64 bits per heavy atom. The zero-order valence-electron chi connectivity index (χ0n) is 6.61. The molecule has 0 aromatic carbocycles. The summed E-state index contributed by atoms with van der Waals surface area (Å²) in [7, 11) is 2.29. The van der Waals surface area contributed by atoms with E-state index >= 15 is 0 Å². The number of hydrogen-bond donors (Lipinski definition) is 1. The first-order valence-corrected chi connectivity index (χ1v) is 3.96. The number of carbonyl (C=O) groups is 1. The molecule has 0 saturated carbocycles. The summed E-state index contributed by atoms with van der Waals surface area (Å²) in [4.78, 5) is 10.8. The lowest BCUT2D eigenvalue weighted by atomic mass is 10.0. The van der Waals surface area contributed by atoms with Gasteiger partial charge in [0.05, 0.1) is 6.04 Å². The van der Waals surface area contributed by atoms with Gasteiger partial charge < -0.3 is 9.78 Å². The second-order valence-electron chi connectivity index (χ2n) is 2.92. The van der Waals surface area contributed by atoms with Crippen molar-refractivity contribution in [2.45, 2.75) is 26.0 Å². The molecule has 1 fully saturated rings. The number of β-lactam (4-membered cyclic amide) rings is 1. The maximum Gasteiger partial charge on any atom is 0.257 e. The fourth-order valence-electron chi connectivity index (χ4n) is 1.03. The molecule has 11 heavy (non-hydrogen) atoms. The Bertz CT molecular complexity index is 198. The van der Waals surface area contributed by atoms with Crippen molar-refractivity contribution in [3.05, 3.63) is 11.6 Å². The first kappa shape index (κ1) is 8.69. The van der Waals surface area contributed by atoms with Crippen molar-refractivity contribution in [3.8, 4) is 0 Å². The summed E-state index contributed by atoms with van der Waals surface area (Å²) in [5, 5.41) is 9.15. The third kappa shape index (κ3) is 1.44. The molecule has 1 aliphatic heterocycles. The minimum absolute atomic E-state index is 0.141. The van der Waals surface area contributed by atoms with Gasteiger partial charge in [0.15, 0.2) is 6.10 Å². The molecule has 1 rings (SSSR count). The van der Waals surface area contributed by atoms with E-state index in [0.29, 0.717) is 0 Å².